The molecule has 1 heterocycles. The lowest BCUT2D eigenvalue weighted by Gasteiger charge is -2.29. The maximum Gasteiger partial charge on any atom is 0.237 e. The van der Waals surface area contributed by atoms with Crippen molar-refractivity contribution in [3.63, 3.8) is 0 Å². The Balaban J connectivity index is 1.65. The summed E-state index contributed by atoms with van der Waals surface area (Å²) in [6.45, 7) is 8.29. The van der Waals surface area contributed by atoms with E-state index in [1.54, 1.807) is 0 Å². The second-order valence-corrected chi connectivity index (χ2v) is 5.96. The van der Waals surface area contributed by atoms with Crippen molar-refractivity contribution in [2.45, 2.75) is 58.0 Å². The first kappa shape index (κ1) is 14.8. The van der Waals surface area contributed by atoms with Gasteiger partial charge in [0.1, 0.15) is 0 Å². The number of hydrogen-bond donors (Lipinski definition) is 2. The van der Waals surface area contributed by atoms with Crippen molar-refractivity contribution in [3.05, 3.63) is 0 Å². The Morgan fingerprint density at radius 3 is 2.74 bits per heavy atom. The molecule has 2 fully saturated rings. The Bertz CT molecular complexity index is 291. The highest BCUT2D eigenvalue weighted by molar-refractivity contribution is 5.81. The van der Waals surface area contributed by atoms with Gasteiger partial charge in [-0.1, -0.05) is 20.3 Å². The zero-order valence-electron chi connectivity index (χ0n) is 12.5. The van der Waals surface area contributed by atoms with Gasteiger partial charge in [-0.25, -0.2) is 0 Å². The minimum absolute atomic E-state index is 0.0368. The third kappa shape index (κ3) is 4.46. The number of nitrogens with zero attached hydrogens (tertiary/aromatic N) is 1. The average molecular weight is 267 g/mol. The summed E-state index contributed by atoms with van der Waals surface area (Å²) in [7, 11) is 0. The zero-order valence-corrected chi connectivity index (χ0v) is 12.5. The summed E-state index contributed by atoms with van der Waals surface area (Å²) >= 11 is 0. The van der Waals surface area contributed by atoms with E-state index in [4.69, 9.17) is 0 Å². The maximum atomic E-state index is 12.1. The van der Waals surface area contributed by atoms with Crippen molar-refractivity contribution in [1.29, 1.82) is 0 Å². The molecule has 2 rings (SSSR count). The van der Waals surface area contributed by atoms with Gasteiger partial charge in [0.15, 0.2) is 0 Å². The first-order valence-corrected chi connectivity index (χ1v) is 7.99. The van der Waals surface area contributed by atoms with Crippen molar-refractivity contribution in [2.24, 2.45) is 5.92 Å². The quantitative estimate of drug-likeness (QED) is 0.732. The third-order valence-electron chi connectivity index (χ3n) is 4.57. The second kappa shape index (κ2) is 7.25. The number of nitrogens with one attached hydrogen (secondary N) is 2. The fourth-order valence-corrected chi connectivity index (χ4v) is 3.05. The second-order valence-electron chi connectivity index (χ2n) is 5.96. The van der Waals surface area contributed by atoms with E-state index < -0.39 is 0 Å². The van der Waals surface area contributed by atoms with Crippen LogP contribution in [0.5, 0.6) is 0 Å². The molecule has 4 heteroatoms. The largest absolute Gasteiger partial charge is 0.353 e. The first-order chi connectivity index (χ1) is 9.24. The van der Waals surface area contributed by atoms with E-state index >= 15 is 0 Å². The van der Waals surface area contributed by atoms with Crippen LogP contribution >= 0.6 is 0 Å². The molecule has 0 aromatic rings. The van der Waals surface area contributed by atoms with Gasteiger partial charge in [0, 0.05) is 19.1 Å². The predicted molar refractivity (Wildman–Crippen MR) is 78.1 cm³/mol. The van der Waals surface area contributed by atoms with E-state index in [1.165, 1.54) is 25.7 Å². The smallest absolute Gasteiger partial charge is 0.237 e. The Morgan fingerprint density at radius 1 is 1.32 bits per heavy atom. The van der Waals surface area contributed by atoms with Gasteiger partial charge in [-0.15, -0.1) is 0 Å². The van der Waals surface area contributed by atoms with Crippen LogP contribution in [0.25, 0.3) is 0 Å². The minimum Gasteiger partial charge on any atom is -0.353 e. The normalized spacial score (nSPS) is 27.5. The van der Waals surface area contributed by atoms with Crippen molar-refractivity contribution in [1.82, 2.24) is 15.5 Å². The molecule has 19 heavy (non-hydrogen) atoms. The molecule has 0 radical (unpaired) electrons. The zero-order chi connectivity index (χ0) is 13.7. The van der Waals surface area contributed by atoms with Crippen LogP contribution in [0.1, 0.15) is 46.0 Å². The van der Waals surface area contributed by atoms with Crippen molar-refractivity contribution in [2.75, 3.05) is 26.2 Å². The van der Waals surface area contributed by atoms with Gasteiger partial charge in [-0.3, -0.25) is 9.69 Å². The lowest BCUT2D eigenvalue weighted by atomic mass is 9.90. The number of rotatable bonds is 7. The Morgan fingerprint density at radius 2 is 2.11 bits per heavy atom. The number of likely N-dealkylation sites (N-methyl/N-ethyl adjacent to an activating group) is 1. The van der Waals surface area contributed by atoms with E-state index in [-0.39, 0.29) is 11.9 Å². The highest BCUT2D eigenvalue weighted by atomic mass is 16.2. The molecule has 1 aliphatic carbocycles. The van der Waals surface area contributed by atoms with Crippen LogP contribution in [0.2, 0.25) is 0 Å². The molecule has 4 nitrogen and oxygen atoms in total. The molecule has 0 aromatic heterocycles. The molecule has 2 atom stereocenters. The number of amides is 1. The molecule has 2 N–H and O–H groups in total. The molecule has 1 amide bonds. The van der Waals surface area contributed by atoms with Crippen LogP contribution in [0.4, 0.5) is 0 Å². The average Bonchev–Trinajstić information content (AvgIpc) is 3.28. The fraction of sp³-hybridized carbons (Fsp3) is 0.933. The van der Waals surface area contributed by atoms with Gasteiger partial charge in [-0.2, -0.15) is 0 Å². The summed E-state index contributed by atoms with van der Waals surface area (Å²) in [5.41, 5.74) is 0. The van der Waals surface area contributed by atoms with Gasteiger partial charge in [-0.05, 0) is 44.7 Å². The van der Waals surface area contributed by atoms with Crippen LogP contribution in [-0.4, -0.2) is 49.1 Å². The maximum absolute atomic E-state index is 12.1. The van der Waals surface area contributed by atoms with Crippen LogP contribution < -0.4 is 10.6 Å². The molecule has 0 spiro atoms. The standard InChI is InChI=1S/C15H29N3O/c1-3-12-7-8-16-14(11-12)15(19)17-9-10-18(4-2)13-5-6-13/h12-14,16H,3-11H2,1-2H3,(H,17,19). The molecule has 2 unspecified atom stereocenters. The number of carbonyl (C=O) groups excluding carboxylic acids is 1. The summed E-state index contributed by atoms with van der Waals surface area (Å²) in [6, 6.07) is 0.828. The van der Waals surface area contributed by atoms with Crippen molar-refractivity contribution < 1.29 is 4.79 Å². The lowest BCUT2D eigenvalue weighted by Crippen LogP contribution is -2.50. The highest BCUT2D eigenvalue weighted by Gasteiger charge is 2.28. The summed E-state index contributed by atoms with van der Waals surface area (Å²) < 4.78 is 0. The topological polar surface area (TPSA) is 44.4 Å². The highest BCUT2D eigenvalue weighted by Crippen LogP contribution is 2.25. The monoisotopic (exact) mass is 267 g/mol. The molecule has 1 saturated carbocycles. The third-order valence-corrected chi connectivity index (χ3v) is 4.57. The molecular weight excluding hydrogens is 238 g/mol. The van der Waals surface area contributed by atoms with E-state index in [0.29, 0.717) is 0 Å². The SMILES string of the molecule is CCC1CCNC(C(=O)NCCN(CC)C2CC2)C1. The van der Waals surface area contributed by atoms with Crippen LogP contribution in [0.3, 0.4) is 0 Å². The van der Waals surface area contributed by atoms with Crippen LogP contribution in [0, 0.1) is 5.92 Å². The molecule has 110 valence electrons. The van der Waals surface area contributed by atoms with E-state index in [0.717, 1.165) is 44.6 Å². The van der Waals surface area contributed by atoms with Gasteiger partial charge >= 0.3 is 0 Å². The molecular formula is C15H29N3O. The number of hydrogen-bond acceptors (Lipinski definition) is 3. The molecule has 0 aromatic carbocycles. The number of piperidine rings is 1. The number of carbonyl (C=O) groups is 1. The molecule has 2 aliphatic rings. The van der Waals surface area contributed by atoms with Crippen LogP contribution in [-0.2, 0) is 4.79 Å². The van der Waals surface area contributed by atoms with Crippen molar-refractivity contribution in [3.8, 4) is 0 Å². The minimum atomic E-state index is 0.0368. The Labute approximate surface area is 117 Å². The van der Waals surface area contributed by atoms with Gasteiger partial charge < -0.3 is 10.6 Å². The summed E-state index contributed by atoms with van der Waals surface area (Å²) in [4.78, 5) is 14.6. The van der Waals surface area contributed by atoms with E-state index in [2.05, 4.69) is 29.4 Å². The predicted octanol–water partition coefficient (Wildman–Crippen LogP) is 1.37. The van der Waals surface area contributed by atoms with Crippen molar-refractivity contribution >= 4 is 5.91 Å². The molecule has 1 aliphatic heterocycles. The van der Waals surface area contributed by atoms with Gasteiger partial charge in [0.2, 0.25) is 5.91 Å². The lowest BCUT2D eigenvalue weighted by molar-refractivity contribution is -0.124. The van der Waals surface area contributed by atoms with Gasteiger partial charge in [0.25, 0.3) is 0 Å². The van der Waals surface area contributed by atoms with E-state index in [9.17, 15) is 4.79 Å². The fourth-order valence-electron chi connectivity index (χ4n) is 3.05. The molecule has 1 saturated heterocycles. The molecule has 0 bridgehead atoms. The first-order valence-electron chi connectivity index (χ1n) is 7.99. The van der Waals surface area contributed by atoms with E-state index in [1.807, 2.05) is 0 Å². The Kier molecular flexibility index (Phi) is 5.64. The van der Waals surface area contributed by atoms with Gasteiger partial charge in [0.05, 0.1) is 6.04 Å². The Hall–Kier alpha value is -0.610. The summed E-state index contributed by atoms with van der Waals surface area (Å²) in [5, 5.41) is 6.45. The summed E-state index contributed by atoms with van der Waals surface area (Å²) in [5.74, 6) is 0.917. The summed E-state index contributed by atoms with van der Waals surface area (Å²) in [6.07, 6.45) is 6.08. The van der Waals surface area contributed by atoms with Crippen LogP contribution in [0.15, 0.2) is 0 Å².